The van der Waals surface area contributed by atoms with E-state index in [2.05, 4.69) is 315 Å². The molecule has 0 fully saturated rings. The summed E-state index contributed by atoms with van der Waals surface area (Å²) in [5.74, 6) is 7.31. The van der Waals surface area contributed by atoms with Crippen LogP contribution in [0.15, 0.2) is 466 Å². The third kappa shape index (κ3) is 14.7. The number of hydrogen-bond donors (Lipinski definition) is 1. The topological polar surface area (TPSA) is 142 Å². The molecule has 4 aliphatic rings. The third-order valence-corrected chi connectivity index (χ3v) is 27.4. The molecule has 0 saturated carbocycles. The summed E-state index contributed by atoms with van der Waals surface area (Å²) in [4.78, 5) is 40.2. The van der Waals surface area contributed by atoms with E-state index < -0.39 is 0 Å². The van der Waals surface area contributed by atoms with Gasteiger partial charge >= 0.3 is 0 Å². The molecule has 12 nitrogen and oxygen atoms in total. The summed E-state index contributed by atoms with van der Waals surface area (Å²) in [5.41, 5.74) is 32.3. The van der Waals surface area contributed by atoms with E-state index in [1.54, 1.807) is 0 Å². The molecule has 0 spiro atoms. The molecule has 0 amide bonds. The van der Waals surface area contributed by atoms with E-state index in [4.69, 9.17) is 54.1 Å². The van der Waals surface area contributed by atoms with Crippen LogP contribution in [0.25, 0.3) is 233 Å². The lowest BCUT2D eigenvalue weighted by atomic mass is 9.87. The highest BCUT2D eigenvalue weighted by atomic mass is 16.5. The van der Waals surface area contributed by atoms with Gasteiger partial charge in [0.05, 0.1) is 69.3 Å². The van der Waals surface area contributed by atoms with Crippen molar-refractivity contribution in [2.75, 3.05) is 11.9 Å². The van der Waals surface area contributed by atoms with Crippen molar-refractivity contribution in [2.24, 2.45) is 4.99 Å². The van der Waals surface area contributed by atoms with E-state index in [0.717, 1.165) is 218 Å². The first-order valence-corrected chi connectivity index (χ1v) is 47.4. The quantitative estimate of drug-likeness (QED) is 0.117. The second kappa shape index (κ2) is 34.1. The van der Waals surface area contributed by atoms with Crippen LogP contribution in [0.4, 0.5) is 11.4 Å². The summed E-state index contributed by atoms with van der Waals surface area (Å²) in [7, 11) is 0. The number of aliphatic imine (C=N–C) groups is 1. The van der Waals surface area contributed by atoms with Crippen molar-refractivity contribution < 1.29 is 14.2 Å². The van der Waals surface area contributed by atoms with E-state index in [-0.39, 0.29) is 0 Å². The fraction of sp³-hybridized carbons (Fsp3) is 0.00775. The minimum Gasteiger partial charge on any atom is -0.456 e. The number of aromatic nitrogens is 7. The van der Waals surface area contributed by atoms with Crippen molar-refractivity contribution in [3.8, 4) is 192 Å². The maximum Gasteiger partial charge on any atom is 0.164 e. The lowest BCUT2D eigenvalue weighted by molar-refractivity contribution is 0.487. The molecule has 141 heavy (non-hydrogen) atoms. The van der Waals surface area contributed by atoms with E-state index in [9.17, 15) is 0 Å². The highest BCUT2D eigenvalue weighted by Crippen LogP contribution is 2.54. The number of benzene rings is 21. The molecule has 4 aliphatic heterocycles. The first-order chi connectivity index (χ1) is 69.8. The van der Waals surface area contributed by atoms with E-state index in [1.165, 1.54) is 54.7 Å². The largest absolute Gasteiger partial charge is 0.456 e. The summed E-state index contributed by atoms with van der Waals surface area (Å²) < 4.78 is 19.0. The zero-order valence-electron chi connectivity index (χ0n) is 75.9. The Balaban J connectivity index is 0.000000106. The molecule has 0 bridgehead atoms. The maximum atomic E-state index is 6.39. The molecule has 0 saturated heterocycles. The summed E-state index contributed by atoms with van der Waals surface area (Å²) in [6.07, 6.45) is 1.87. The Kier molecular flexibility index (Phi) is 19.7. The maximum absolute atomic E-state index is 6.39. The smallest absolute Gasteiger partial charge is 0.164 e. The van der Waals surface area contributed by atoms with Gasteiger partial charge in [-0.25, -0.2) is 34.9 Å². The summed E-state index contributed by atoms with van der Waals surface area (Å²) in [5, 5.41) is 17.8. The SMILES string of the molecule is c1ccc(-c2cc(-c3ccc4c(c3)NCC(c3ccc5c6c(cccc36)-c3ccccc3O5)=N4)cc(-c3ccccc3)n2)cc1.c1ccc(-c2cc(-c3ccccc3)nc(-c3ccc4nc(-c5ccc6c7c(cccc57)-c5ccccc5O6)cnc4c3)c2)cc1.c1ccc(-c2nc(-c3ccccc3)nc(-c3cc4ccc5cc(-c6ccc7c8c(cccc68)-c6ccccc6O7)cc6ccc(c3)c4c56)n2)cc1. The first-order valence-electron chi connectivity index (χ1n) is 47.4. The number of pyridine rings is 2. The summed E-state index contributed by atoms with van der Waals surface area (Å²) in [6, 6.07) is 158. The van der Waals surface area contributed by atoms with Gasteiger partial charge in [-0.05, 0) is 220 Å². The number of hydrogen-bond acceptors (Lipinski definition) is 12. The molecular formula is C129H79N9O3. The van der Waals surface area contributed by atoms with Gasteiger partial charge in [-0.15, -0.1) is 0 Å². The zero-order valence-corrected chi connectivity index (χ0v) is 75.9. The third-order valence-electron chi connectivity index (χ3n) is 27.4. The molecule has 0 atom stereocenters. The molecule has 0 unspecified atom stereocenters. The molecule has 1 N–H and O–H groups in total. The van der Waals surface area contributed by atoms with E-state index in [1.807, 2.05) is 152 Å². The Morgan fingerprint density at radius 2 is 0.574 bits per heavy atom. The minimum atomic E-state index is 0.632. The van der Waals surface area contributed by atoms with Crippen LogP contribution in [0.2, 0.25) is 0 Å². The molecule has 8 heterocycles. The fourth-order valence-electron chi connectivity index (χ4n) is 20.7. The molecule has 21 aromatic carbocycles. The second-order valence-corrected chi connectivity index (χ2v) is 35.9. The van der Waals surface area contributed by atoms with Gasteiger partial charge in [0.25, 0.3) is 0 Å². The summed E-state index contributed by atoms with van der Waals surface area (Å²) >= 11 is 0. The Hall–Kier alpha value is -19.0. The summed E-state index contributed by atoms with van der Waals surface area (Å²) in [6.45, 7) is 0.632. The highest BCUT2D eigenvalue weighted by molar-refractivity contribution is 6.26. The predicted molar refractivity (Wildman–Crippen MR) is 575 cm³/mol. The standard InChI is InChI=1S/C47H27N3O.C41H27N3O.C41H25N3O/c1-3-10-28(11-4-1)45-48-46(29-12-5-2-6-13-29)50-47(49-45)35-26-32-20-18-30-24-34(25-31-19-21-33(27-35)43(32)42(30)31)36-22-23-41-44-38(36)15-9-16-39(44)37-14-7-8-17-40(37)51-41;1-3-10-26(11-4-1)35-23-29(24-36(44-35)27-12-5-2-6-13-27)28-18-20-34-37(22-28)42-25-38(43-34)30-19-21-40-41-32(30)15-9-16-33(41)31-14-7-8-17-39(31)45-40;1-3-10-26(11-4-1)29-23-35(27-12-5-2-6-13-27)44-36(24-29)28-18-20-34-37(22-28)42-25-38(43-34)30-19-21-40-41-32(30)15-9-16-33(41)31-14-7-8-17-39(31)45-40/h1-27H;1-24,42H,25H2;1-25H. The Morgan fingerprint density at radius 3 is 1.05 bits per heavy atom. The molecule has 25 aromatic rings. The number of nitrogens with zero attached hydrogens (tertiary/aromatic N) is 8. The second-order valence-electron chi connectivity index (χ2n) is 35.9. The number of para-hydroxylation sites is 3. The van der Waals surface area contributed by atoms with E-state index in [0.29, 0.717) is 24.0 Å². The number of rotatable bonds is 12. The number of fused-ring (bicyclic) bond motifs is 8. The highest BCUT2D eigenvalue weighted by Gasteiger charge is 2.29. The van der Waals surface area contributed by atoms with Gasteiger partial charge in [-0.1, -0.05) is 334 Å². The molecular weight excluding hydrogens is 1720 g/mol. The van der Waals surface area contributed by atoms with Crippen molar-refractivity contribution >= 4 is 92.8 Å². The van der Waals surface area contributed by atoms with E-state index >= 15 is 0 Å². The van der Waals surface area contributed by atoms with Crippen LogP contribution < -0.4 is 19.5 Å². The van der Waals surface area contributed by atoms with Crippen LogP contribution in [0.3, 0.4) is 0 Å². The van der Waals surface area contributed by atoms with Crippen LogP contribution in [0.5, 0.6) is 34.5 Å². The average Bonchev–Trinajstić information content (AvgIpc) is 0.707. The first kappa shape index (κ1) is 81.5. The average molecular weight is 1800 g/mol. The van der Waals surface area contributed by atoms with Crippen LogP contribution in [0.1, 0.15) is 5.56 Å². The Bertz CT molecular complexity index is 9150. The minimum absolute atomic E-state index is 0.632. The predicted octanol–water partition coefficient (Wildman–Crippen LogP) is 33.5. The number of nitrogens with one attached hydrogen (secondary N) is 1. The van der Waals surface area contributed by atoms with Crippen molar-refractivity contribution in [2.45, 2.75) is 0 Å². The Labute approximate surface area is 811 Å². The van der Waals surface area contributed by atoms with Gasteiger partial charge in [0.15, 0.2) is 17.5 Å². The van der Waals surface area contributed by atoms with Crippen LogP contribution in [0, 0.1) is 0 Å². The van der Waals surface area contributed by atoms with Gasteiger partial charge in [-0.3, -0.25) is 4.98 Å². The van der Waals surface area contributed by atoms with Gasteiger partial charge in [0.1, 0.15) is 34.5 Å². The zero-order chi connectivity index (χ0) is 93.0. The van der Waals surface area contributed by atoms with Crippen molar-refractivity contribution in [1.29, 1.82) is 0 Å². The van der Waals surface area contributed by atoms with Crippen molar-refractivity contribution in [3.63, 3.8) is 0 Å². The van der Waals surface area contributed by atoms with Crippen LogP contribution in [-0.2, 0) is 0 Å². The fourth-order valence-corrected chi connectivity index (χ4v) is 20.7. The molecule has 0 radical (unpaired) electrons. The van der Waals surface area contributed by atoms with Gasteiger partial charge in [-0.2, -0.15) is 0 Å². The van der Waals surface area contributed by atoms with Crippen molar-refractivity contribution in [1.82, 2.24) is 34.9 Å². The molecule has 658 valence electrons. The van der Waals surface area contributed by atoms with Gasteiger partial charge in [0.2, 0.25) is 0 Å². The van der Waals surface area contributed by atoms with Crippen molar-refractivity contribution in [3.05, 3.63) is 467 Å². The van der Waals surface area contributed by atoms with Gasteiger partial charge in [0, 0.05) is 82.9 Å². The van der Waals surface area contributed by atoms with Crippen LogP contribution in [-0.4, -0.2) is 47.1 Å². The lowest BCUT2D eigenvalue weighted by Crippen LogP contribution is -2.19. The Morgan fingerprint density at radius 1 is 0.199 bits per heavy atom. The molecule has 12 heteroatoms. The molecule has 29 rings (SSSR count). The monoisotopic (exact) mass is 1800 g/mol. The number of anilines is 1. The van der Waals surface area contributed by atoms with Gasteiger partial charge < -0.3 is 19.5 Å². The lowest BCUT2D eigenvalue weighted by Gasteiger charge is -2.24. The van der Waals surface area contributed by atoms with Crippen LogP contribution >= 0.6 is 0 Å². The molecule has 0 aliphatic carbocycles. The normalized spacial score (nSPS) is 12.2. The number of ether oxygens (including phenoxy) is 3. The molecule has 4 aromatic heterocycles.